The summed E-state index contributed by atoms with van der Waals surface area (Å²) in [4.78, 5) is 23.0. The summed E-state index contributed by atoms with van der Waals surface area (Å²) in [7, 11) is 1.80. The van der Waals surface area contributed by atoms with Crippen LogP contribution in [0.1, 0.15) is 16.2 Å². The molecule has 2 rings (SSSR count). The van der Waals surface area contributed by atoms with Crippen LogP contribution in [0, 0.1) is 6.92 Å². The first-order valence-corrected chi connectivity index (χ1v) is 4.64. The number of carboxylic acids is 1. The molecule has 0 radical (unpaired) electrons. The molecule has 0 bridgehead atoms. The molecule has 0 aliphatic heterocycles. The highest BCUT2D eigenvalue weighted by atomic mass is 16.4. The number of nitrogens with zero attached hydrogens (tertiary/aromatic N) is 4. The van der Waals surface area contributed by atoms with E-state index in [1.165, 1.54) is 6.07 Å². The highest BCUT2D eigenvalue weighted by Gasteiger charge is 2.12. The molecule has 82 valence electrons. The molecule has 0 spiro atoms. The maximum atomic E-state index is 10.8. The summed E-state index contributed by atoms with van der Waals surface area (Å²) in [6, 6.07) is 1.43. The smallest absolute Gasteiger partial charge is 0.354 e. The molecule has 0 aromatic carbocycles. The van der Waals surface area contributed by atoms with Crippen LogP contribution in [-0.4, -0.2) is 30.6 Å². The number of aryl methyl sites for hydroxylation is 2. The van der Waals surface area contributed by atoms with Gasteiger partial charge in [0.25, 0.3) is 0 Å². The molecular formula is C10H10N4O2. The van der Waals surface area contributed by atoms with Crippen LogP contribution in [0.15, 0.2) is 18.5 Å². The van der Waals surface area contributed by atoms with Crippen LogP contribution in [0.3, 0.4) is 0 Å². The third-order valence-corrected chi connectivity index (χ3v) is 2.09. The quantitative estimate of drug-likeness (QED) is 0.809. The van der Waals surface area contributed by atoms with Crippen LogP contribution in [0.2, 0.25) is 0 Å². The van der Waals surface area contributed by atoms with Gasteiger partial charge in [-0.3, -0.25) is 0 Å². The van der Waals surface area contributed by atoms with E-state index in [9.17, 15) is 4.79 Å². The Balaban J connectivity index is 2.58. The molecule has 0 saturated heterocycles. The summed E-state index contributed by atoms with van der Waals surface area (Å²) in [5, 5.41) is 8.88. The molecule has 0 saturated carbocycles. The van der Waals surface area contributed by atoms with Crippen molar-refractivity contribution in [1.82, 2.24) is 19.5 Å². The summed E-state index contributed by atoms with van der Waals surface area (Å²) < 4.78 is 1.74. The normalized spacial score (nSPS) is 10.4. The van der Waals surface area contributed by atoms with Gasteiger partial charge in [-0.15, -0.1) is 0 Å². The fraction of sp³-hybridized carbons (Fsp3) is 0.200. The van der Waals surface area contributed by atoms with Gasteiger partial charge in [0.05, 0.1) is 0 Å². The van der Waals surface area contributed by atoms with Crippen LogP contribution in [0.25, 0.3) is 11.6 Å². The maximum Gasteiger partial charge on any atom is 0.354 e. The minimum absolute atomic E-state index is 0.0227. The topological polar surface area (TPSA) is 80.9 Å². The number of rotatable bonds is 2. The Hall–Kier alpha value is -2.24. The molecule has 0 aliphatic rings. The molecule has 6 heteroatoms. The van der Waals surface area contributed by atoms with Crippen molar-refractivity contribution in [3.8, 4) is 11.6 Å². The Morgan fingerprint density at radius 3 is 2.75 bits per heavy atom. The molecule has 16 heavy (non-hydrogen) atoms. The van der Waals surface area contributed by atoms with E-state index < -0.39 is 5.97 Å². The van der Waals surface area contributed by atoms with E-state index in [0.29, 0.717) is 17.3 Å². The minimum Gasteiger partial charge on any atom is -0.477 e. The number of carbonyl (C=O) groups is 1. The van der Waals surface area contributed by atoms with Gasteiger partial charge in [-0.2, -0.15) is 0 Å². The van der Waals surface area contributed by atoms with Crippen molar-refractivity contribution >= 4 is 5.97 Å². The van der Waals surface area contributed by atoms with E-state index in [0.717, 1.165) is 0 Å². The highest BCUT2D eigenvalue weighted by molar-refractivity contribution is 5.85. The first kappa shape index (κ1) is 10.3. The third-order valence-electron chi connectivity index (χ3n) is 2.09. The van der Waals surface area contributed by atoms with E-state index in [1.54, 1.807) is 30.9 Å². The zero-order chi connectivity index (χ0) is 11.7. The second-order valence-electron chi connectivity index (χ2n) is 3.39. The lowest BCUT2D eigenvalue weighted by Crippen LogP contribution is -2.06. The van der Waals surface area contributed by atoms with Crippen LogP contribution in [-0.2, 0) is 7.05 Å². The fourth-order valence-electron chi connectivity index (χ4n) is 1.36. The first-order valence-electron chi connectivity index (χ1n) is 4.64. The predicted molar refractivity (Wildman–Crippen MR) is 55.9 cm³/mol. The zero-order valence-electron chi connectivity index (χ0n) is 8.88. The van der Waals surface area contributed by atoms with E-state index in [4.69, 9.17) is 5.11 Å². The van der Waals surface area contributed by atoms with Crippen LogP contribution in [0.5, 0.6) is 0 Å². The van der Waals surface area contributed by atoms with Gasteiger partial charge in [0.2, 0.25) is 0 Å². The Morgan fingerprint density at radius 2 is 2.19 bits per heavy atom. The van der Waals surface area contributed by atoms with Gasteiger partial charge in [0.1, 0.15) is 0 Å². The molecule has 0 amide bonds. The molecule has 2 aromatic heterocycles. The van der Waals surface area contributed by atoms with Gasteiger partial charge in [-0.1, -0.05) is 0 Å². The highest BCUT2D eigenvalue weighted by Crippen LogP contribution is 2.12. The standard InChI is InChI=1S/C10H10N4O2/c1-6-5-7(10(15)16)13-8(12-6)9-11-3-4-14(9)2/h3-5H,1-2H3,(H,15,16). The molecule has 0 atom stereocenters. The lowest BCUT2D eigenvalue weighted by Gasteiger charge is -2.03. The average Bonchev–Trinajstić information content (AvgIpc) is 2.63. The Kier molecular flexibility index (Phi) is 2.40. The number of aromatic nitrogens is 4. The number of imidazole rings is 1. The lowest BCUT2D eigenvalue weighted by atomic mass is 10.3. The molecule has 1 N–H and O–H groups in total. The lowest BCUT2D eigenvalue weighted by molar-refractivity contribution is 0.0690. The molecule has 2 aromatic rings. The Morgan fingerprint density at radius 1 is 1.44 bits per heavy atom. The van der Waals surface area contributed by atoms with Crippen molar-refractivity contribution in [1.29, 1.82) is 0 Å². The maximum absolute atomic E-state index is 10.8. The fourth-order valence-corrected chi connectivity index (χ4v) is 1.36. The number of hydrogen-bond donors (Lipinski definition) is 1. The van der Waals surface area contributed by atoms with E-state index in [2.05, 4.69) is 15.0 Å². The summed E-state index contributed by atoms with van der Waals surface area (Å²) in [6.07, 6.45) is 3.36. The van der Waals surface area contributed by atoms with Crippen LogP contribution >= 0.6 is 0 Å². The van der Waals surface area contributed by atoms with Gasteiger partial charge in [-0.25, -0.2) is 19.7 Å². The van der Waals surface area contributed by atoms with Crippen molar-refractivity contribution < 1.29 is 9.90 Å². The zero-order valence-corrected chi connectivity index (χ0v) is 8.88. The number of hydrogen-bond acceptors (Lipinski definition) is 4. The van der Waals surface area contributed by atoms with E-state index in [1.807, 2.05) is 0 Å². The third kappa shape index (κ3) is 1.77. The monoisotopic (exact) mass is 218 g/mol. The molecule has 0 fully saturated rings. The summed E-state index contributed by atoms with van der Waals surface area (Å²) in [5.74, 6) is -0.197. The molecule has 0 unspecified atom stereocenters. The first-order chi connectivity index (χ1) is 7.58. The predicted octanol–water partition coefficient (Wildman–Crippen LogP) is 0.884. The second-order valence-corrected chi connectivity index (χ2v) is 3.39. The van der Waals surface area contributed by atoms with Gasteiger partial charge < -0.3 is 9.67 Å². The summed E-state index contributed by atoms with van der Waals surface area (Å²) in [5.41, 5.74) is 0.580. The van der Waals surface area contributed by atoms with E-state index >= 15 is 0 Å². The molecule has 6 nitrogen and oxygen atoms in total. The summed E-state index contributed by atoms with van der Waals surface area (Å²) >= 11 is 0. The van der Waals surface area contributed by atoms with Crippen LogP contribution < -0.4 is 0 Å². The SMILES string of the molecule is Cc1cc(C(=O)O)nc(-c2nccn2C)n1. The Labute approximate surface area is 91.6 Å². The summed E-state index contributed by atoms with van der Waals surface area (Å²) in [6.45, 7) is 1.72. The Bertz CT molecular complexity index is 548. The molecule has 2 heterocycles. The van der Waals surface area contributed by atoms with Crippen molar-refractivity contribution in [2.75, 3.05) is 0 Å². The second kappa shape index (κ2) is 3.73. The van der Waals surface area contributed by atoms with Crippen molar-refractivity contribution in [3.63, 3.8) is 0 Å². The van der Waals surface area contributed by atoms with Crippen LogP contribution in [0.4, 0.5) is 0 Å². The van der Waals surface area contributed by atoms with Crippen molar-refractivity contribution in [2.24, 2.45) is 7.05 Å². The van der Waals surface area contributed by atoms with Gasteiger partial charge >= 0.3 is 5.97 Å². The van der Waals surface area contributed by atoms with E-state index in [-0.39, 0.29) is 5.69 Å². The minimum atomic E-state index is -1.07. The molecular weight excluding hydrogens is 208 g/mol. The average molecular weight is 218 g/mol. The van der Waals surface area contributed by atoms with Gasteiger partial charge in [0, 0.05) is 25.1 Å². The number of carboxylic acid groups (broad SMARTS) is 1. The van der Waals surface area contributed by atoms with Crippen molar-refractivity contribution in [2.45, 2.75) is 6.92 Å². The largest absolute Gasteiger partial charge is 0.477 e. The molecule has 0 aliphatic carbocycles. The van der Waals surface area contributed by atoms with Gasteiger partial charge in [-0.05, 0) is 13.0 Å². The van der Waals surface area contributed by atoms with Gasteiger partial charge in [0.15, 0.2) is 17.3 Å². The van der Waals surface area contributed by atoms with Crippen molar-refractivity contribution in [3.05, 3.63) is 29.8 Å². The number of aromatic carboxylic acids is 1.